The van der Waals surface area contributed by atoms with E-state index in [1.165, 1.54) is 17.8 Å². The standard InChI is InChI=1S/C14H14F2N2S/c1-9-5-10(7-17-2)8-18-14(9)19-11-3-4-12(15)13(16)6-11/h3-6,8,17H,7H2,1-2H3. The Morgan fingerprint density at radius 1 is 1.21 bits per heavy atom. The van der Waals surface area contributed by atoms with E-state index in [9.17, 15) is 8.78 Å². The van der Waals surface area contributed by atoms with Crippen molar-refractivity contribution in [2.75, 3.05) is 7.05 Å². The minimum atomic E-state index is -0.838. The highest BCUT2D eigenvalue weighted by Crippen LogP contribution is 2.29. The summed E-state index contributed by atoms with van der Waals surface area (Å²) in [5, 5.41) is 3.85. The van der Waals surface area contributed by atoms with E-state index in [4.69, 9.17) is 0 Å². The lowest BCUT2D eigenvalue weighted by Crippen LogP contribution is -2.05. The van der Waals surface area contributed by atoms with E-state index in [1.807, 2.05) is 20.0 Å². The number of hydrogen-bond acceptors (Lipinski definition) is 3. The molecule has 1 heterocycles. The number of hydrogen-bond donors (Lipinski definition) is 1. The highest BCUT2D eigenvalue weighted by Gasteiger charge is 2.07. The molecule has 0 spiro atoms. The van der Waals surface area contributed by atoms with Crippen molar-refractivity contribution in [3.05, 3.63) is 53.2 Å². The minimum Gasteiger partial charge on any atom is -0.316 e. The first kappa shape index (κ1) is 14.0. The van der Waals surface area contributed by atoms with E-state index in [-0.39, 0.29) is 0 Å². The van der Waals surface area contributed by atoms with Gasteiger partial charge in [0.05, 0.1) is 0 Å². The van der Waals surface area contributed by atoms with Crippen LogP contribution in [0, 0.1) is 18.6 Å². The monoisotopic (exact) mass is 280 g/mol. The van der Waals surface area contributed by atoms with Crippen molar-refractivity contribution in [2.24, 2.45) is 0 Å². The second kappa shape index (κ2) is 6.12. The number of nitrogens with one attached hydrogen (secondary N) is 1. The van der Waals surface area contributed by atoms with Gasteiger partial charge in [-0.2, -0.15) is 0 Å². The van der Waals surface area contributed by atoms with E-state index in [2.05, 4.69) is 10.3 Å². The van der Waals surface area contributed by atoms with Gasteiger partial charge < -0.3 is 5.32 Å². The molecule has 0 saturated heterocycles. The highest BCUT2D eigenvalue weighted by molar-refractivity contribution is 7.99. The average molecular weight is 280 g/mol. The third-order valence-corrected chi connectivity index (χ3v) is 3.68. The van der Waals surface area contributed by atoms with Gasteiger partial charge in [-0.05, 0) is 43.3 Å². The Labute approximate surface area is 115 Å². The summed E-state index contributed by atoms with van der Waals surface area (Å²) in [6.45, 7) is 2.71. The second-order valence-electron chi connectivity index (χ2n) is 4.17. The van der Waals surface area contributed by atoms with Gasteiger partial charge in [-0.25, -0.2) is 13.8 Å². The number of aromatic nitrogens is 1. The molecule has 0 unspecified atom stereocenters. The van der Waals surface area contributed by atoms with Gasteiger partial charge in [-0.1, -0.05) is 17.8 Å². The molecule has 0 fully saturated rings. The van der Waals surface area contributed by atoms with Crippen molar-refractivity contribution in [1.82, 2.24) is 10.3 Å². The van der Waals surface area contributed by atoms with Crippen LogP contribution in [0.4, 0.5) is 8.78 Å². The predicted molar refractivity (Wildman–Crippen MR) is 72.2 cm³/mol. The van der Waals surface area contributed by atoms with Gasteiger partial charge in [0.15, 0.2) is 11.6 Å². The summed E-state index contributed by atoms with van der Waals surface area (Å²) in [6, 6.07) is 5.89. The molecule has 5 heteroatoms. The number of halogens is 2. The van der Waals surface area contributed by atoms with Crippen LogP contribution in [-0.2, 0) is 6.54 Å². The first-order valence-electron chi connectivity index (χ1n) is 5.83. The van der Waals surface area contributed by atoms with Crippen molar-refractivity contribution >= 4 is 11.8 Å². The zero-order chi connectivity index (χ0) is 13.8. The summed E-state index contributed by atoms with van der Waals surface area (Å²) in [6.07, 6.45) is 1.78. The third kappa shape index (κ3) is 3.52. The van der Waals surface area contributed by atoms with E-state index >= 15 is 0 Å². The Balaban J connectivity index is 2.20. The molecule has 19 heavy (non-hydrogen) atoms. The maximum atomic E-state index is 13.1. The van der Waals surface area contributed by atoms with Crippen molar-refractivity contribution in [3.63, 3.8) is 0 Å². The van der Waals surface area contributed by atoms with Crippen LogP contribution < -0.4 is 5.32 Å². The molecule has 0 amide bonds. The van der Waals surface area contributed by atoms with Gasteiger partial charge >= 0.3 is 0 Å². The zero-order valence-corrected chi connectivity index (χ0v) is 11.5. The molecule has 1 N–H and O–H groups in total. The van der Waals surface area contributed by atoms with Crippen LogP contribution in [0.25, 0.3) is 0 Å². The summed E-state index contributed by atoms with van der Waals surface area (Å²) in [5.74, 6) is -1.67. The zero-order valence-electron chi connectivity index (χ0n) is 10.7. The molecule has 0 atom stereocenters. The first-order valence-corrected chi connectivity index (χ1v) is 6.65. The van der Waals surface area contributed by atoms with Crippen molar-refractivity contribution in [3.8, 4) is 0 Å². The Morgan fingerprint density at radius 2 is 2.00 bits per heavy atom. The normalized spacial score (nSPS) is 10.7. The molecule has 2 rings (SSSR count). The van der Waals surface area contributed by atoms with Crippen LogP contribution in [0.3, 0.4) is 0 Å². The Morgan fingerprint density at radius 3 is 2.63 bits per heavy atom. The first-order chi connectivity index (χ1) is 9.10. The molecular weight excluding hydrogens is 266 g/mol. The summed E-state index contributed by atoms with van der Waals surface area (Å²) < 4.78 is 26.0. The lowest BCUT2D eigenvalue weighted by molar-refractivity contribution is 0.506. The summed E-state index contributed by atoms with van der Waals surface area (Å²) in [7, 11) is 1.87. The molecule has 100 valence electrons. The molecule has 0 aliphatic heterocycles. The molecule has 0 aliphatic carbocycles. The fraction of sp³-hybridized carbons (Fsp3) is 0.214. The van der Waals surface area contributed by atoms with Crippen LogP contribution in [-0.4, -0.2) is 12.0 Å². The minimum absolute atomic E-state index is 0.635. The lowest BCUT2D eigenvalue weighted by atomic mass is 10.2. The number of nitrogens with zero attached hydrogens (tertiary/aromatic N) is 1. The SMILES string of the molecule is CNCc1cnc(Sc2ccc(F)c(F)c2)c(C)c1. The van der Waals surface area contributed by atoms with Gasteiger partial charge in [-0.3, -0.25) is 0 Å². The second-order valence-corrected chi connectivity index (χ2v) is 5.24. The van der Waals surface area contributed by atoms with Crippen LogP contribution >= 0.6 is 11.8 Å². The molecule has 1 aromatic heterocycles. The Kier molecular flexibility index (Phi) is 4.50. The number of benzene rings is 1. The van der Waals surface area contributed by atoms with Crippen LogP contribution in [0.2, 0.25) is 0 Å². The van der Waals surface area contributed by atoms with Gasteiger partial charge in [0.25, 0.3) is 0 Å². The Bertz CT molecular complexity index is 588. The maximum Gasteiger partial charge on any atom is 0.159 e. The molecular formula is C14H14F2N2S. The third-order valence-electron chi connectivity index (χ3n) is 2.57. The van der Waals surface area contributed by atoms with E-state index < -0.39 is 11.6 Å². The van der Waals surface area contributed by atoms with E-state index in [0.29, 0.717) is 4.90 Å². The van der Waals surface area contributed by atoms with E-state index in [1.54, 1.807) is 12.3 Å². The number of aryl methyl sites for hydroxylation is 1. The van der Waals surface area contributed by atoms with Crippen molar-refractivity contribution in [2.45, 2.75) is 23.4 Å². The quantitative estimate of drug-likeness (QED) is 0.927. The van der Waals surface area contributed by atoms with Gasteiger partial charge in [0, 0.05) is 17.6 Å². The highest BCUT2D eigenvalue weighted by atomic mass is 32.2. The topological polar surface area (TPSA) is 24.9 Å². The summed E-state index contributed by atoms with van der Waals surface area (Å²) in [5.41, 5.74) is 2.11. The smallest absolute Gasteiger partial charge is 0.159 e. The Hall–Kier alpha value is -1.46. The van der Waals surface area contributed by atoms with E-state index in [0.717, 1.165) is 28.8 Å². The van der Waals surface area contributed by atoms with Crippen molar-refractivity contribution in [1.29, 1.82) is 0 Å². The van der Waals surface area contributed by atoms with Gasteiger partial charge in [0.2, 0.25) is 0 Å². The lowest BCUT2D eigenvalue weighted by Gasteiger charge is -2.07. The largest absolute Gasteiger partial charge is 0.316 e. The van der Waals surface area contributed by atoms with Gasteiger partial charge in [-0.15, -0.1) is 0 Å². The number of rotatable bonds is 4. The molecule has 0 radical (unpaired) electrons. The van der Waals surface area contributed by atoms with Gasteiger partial charge in [0.1, 0.15) is 5.03 Å². The molecule has 0 aliphatic rings. The molecule has 0 saturated carbocycles. The predicted octanol–water partition coefficient (Wildman–Crippen LogP) is 3.54. The molecule has 2 nitrogen and oxygen atoms in total. The summed E-state index contributed by atoms with van der Waals surface area (Å²) in [4.78, 5) is 4.99. The fourth-order valence-corrected chi connectivity index (χ4v) is 2.53. The fourth-order valence-electron chi connectivity index (χ4n) is 1.68. The molecule has 1 aromatic carbocycles. The van der Waals surface area contributed by atoms with Crippen molar-refractivity contribution < 1.29 is 8.78 Å². The number of pyridine rings is 1. The molecule has 0 bridgehead atoms. The van der Waals surface area contributed by atoms with Crippen LogP contribution in [0.5, 0.6) is 0 Å². The maximum absolute atomic E-state index is 13.1. The van der Waals surface area contributed by atoms with Crippen LogP contribution in [0.15, 0.2) is 40.4 Å². The summed E-state index contributed by atoms with van der Waals surface area (Å²) >= 11 is 1.33. The average Bonchev–Trinajstić information content (AvgIpc) is 2.37. The molecule has 2 aromatic rings. The van der Waals surface area contributed by atoms with Crippen LogP contribution in [0.1, 0.15) is 11.1 Å².